The number of hydrogen-bond acceptors (Lipinski definition) is 6. The first-order valence-electron chi connectivity index (χ1n) is 6.89. The van der Waals surface area contributed by atoms with Gasteiger partial charge in [0.05, 0.1) is 5.56 Å². The van der Waals surface area contributed by atoms with E-state index in [2.05, 4.69) is 13.2 Å². The minimum atomic E-state index is -0.896. The van der Waals surface area contributed by atoms with E-state index in [1.165, 1.54) is 19.9 Å². The molecule has 0 spiro atoms. The number of halogens is 1. The zero-order chi connectivity index (χ0) is 18.3. The number of carbonyl (C=O) groups is 3. The van der Waals surface area contributed by atoms with E-state index in [0.29, 0.717) is 0 Å². The van der Waals surface area contributed by atoms with Crippen molar-refractivity contribution in [2.24, 2.45) is 0 Å². The summed E-state index contributed by atoms with van der Waals surface area (Å²) in [5, 5.41) is 0. The van der Waals surface area contributed by atoms with Gasteiger partial charge in [0.15, 0.2) is 11.6 Å². The van der Waals surface area contributed by atoms with Gasteiger partial charge in [-0.25, -0.2) is 18.8 Å². The lowest BCUT2D eigenvalue weighted by Gasteiger charge is -2.08. The number of rotatable bonds is 7. The molecule has 0 aromatic heterocycles. The number of hydrogen-bond donors (Lipinski definition) is 0. The van der Waals surface area contributed by atoms with Crippen molar-refractivity contribution in [2.75, 3.05) is 13.2 Å². The first-order chi connectivity index (χ1) is 11.2. The van der Waals surface area contributed by atoms with Gasteiger partial charge in [-0.05, 0) is 32.0 Å². The van der Waals surface area contributed by atoms with Gasteiger partial charge in [-0.15, -0.1) is 0 Å². The van der Waals surface area contributed by atoms with E-state index < -0.39 is 23.7 Å². The fourth-order valence-electron chi connectivity index (χ4n) is 1.37. The summed E-state index contributed by atoms with van der Waals surface area (Å²) in [6, 6.07) is 3.25. The second-order valence-electron chi connectivity index (χ2n) is 4.87. The van der Waals surface area contributed by atoms with Crippen LogP contribution in [0.2, 0.25) is 0 Å². The van der Waals surface area contributed by atoms with Gasteiger partial charge in [0.1, 0.15) is 13.2 Å². The average Bonchev–Trinajstić information content (AvgIpc) is 2.52. The molecule has 0 saturated carbocycles. The molecule has 1 rings (SSSR count). The van der Waals surface area contributed by atoms with Crippen LogP contribution in [0.1, 0.15) is 24.2 Å². The summed E-state index contributed by atoms with van der Waals surface area (Å²) >= 11 is 0. The van der Waals surface area contributed by atoms with Crippen LogP contribution < -0.4 is 4.74 Å². The fraction of sp³-hybridized carbons (Fsp3) is 0.235. The predicted molar refractivity (Wildman–Crippen MR) is 82.9 cm³/mol. The van der Waals surface area contributed by atoms with Gasteiger partial charge in [0.2, 0.25) is 0 Å². The molecular formula is C17H17FO6. The monoisotopic (exact) mass is 336 g/mol. The van der Waals surface area contributed by atoms with Crippen molar-refractivity contribution in [1.29, 1.82) is 0 Å². The number of esters is 3. The molecule has 0 amide bonds. The molecule has 0 aliphatic rings. The summed E-state index contributed by atoms with van der Waals surface area (Å²) in [5.41, 5.74) is 0.263. The lowest BCUT2D eigenvalue weighted by atomic mass is 10.2. The van der Waals surface area contributed by atoms with Gasteiger partial charge in [-0.1, -0.05) is 13.2 Å². The molecule has 0 unspecified atom stereocenters. The van der Waals surface area contributed by atoms with Crippen LogP contribution in [-0.4, -0.2) is 31.1 Å². The molecule has 1 aromatic rings. The molecule has 0 aliphatic carbocycles. The van der Waals surface area contributed by atoms with Crippen molar-refractivity contribution in [1.82, 2.24) is 0 Å². The summed E-state index contributed by atoms with van der Waals surface area (Å²) in [6.45, 7) is 9.36. The minimum absolute atomic E-state index is 0.0751. The molecule has 0 fully saturated rings. The van der Waals surface area contributed by atoms with Crippen LogP contribution in [0.3, 0.4) is 0 Å². The maximum Gasteiger partial charge on any atom is 0.338 e. The number of benzene rings is 1. The zero-order valence-electron chi connectivity index (χ0n) is 13.4. The third-order valence-corrected chi connectivity index (χ3v) is 2.62. The average molecular weight is 336 g/mol. The fourth-order valence-corrected chi connectivity index (χ4v) is 1.37. The van der Waals surface area contributed by atoms with Gasteiger partial charge < -0.3 is 14.2 Å². The molecular weight excluding hydrogens is 319 g/mol. The highest BCUT2D eigenvalue weighted by Gasteiger charge is 2.14. The molecule has 24 heavy (non-hydrogen) atoms. The Labute approximate surface area is 138 Å². The summed E-state index contributed by atoms with van der Waals surface area (Å²) in [6.07, 6.45) is 0. The Morgan fingerprint density at radius 1 is 1.00 bits per heavy atom. The second kappa shape index (κ2) is 8.61. The van der Waals surface area contributed by atoms with E-state index in [9.17, 15) is 18.8 Å². The first-order valence-corrected chi connectivity index (χ1v) is 6.89. The number of carbonyl (C=O) groups excluding carboxylic acids is 3. The van der Waals surface area contributed by atoms with Gasteiger partial charge in [-0.3, -0.25) is 0 Å². The maximum absolute atomic E-state index is 13.8. The Morgan fingerprint density at radius 3 is 2.12 bits per heavy atom. The van der Waals surface area contributed by atoms with E-state index >= 15 is 0 Å². The van der Waals surface area contributed by atoms with Crippen molar-refractivity contribution in [3.8, 4) is 5.75 Å². The molecule has 0 N–H and O–H groups in total. The Balaban J connectivity index is 2.58. The highest BCUT2D eigenvalue weighted by Crippen LogP contribution is 2.19. The third kappa shape index (κ3) is 5.68. The normalized spacial score (nSPS) is 9.79. The molecule has 0 aliphatic heterocycles. The Kier molecular flexibility index (Phi) is 6.85. The van der Waals surface area contributed by atoms with Crippen LogP contribution in [0, 0.1) is 5.82 Å². The molecule has 0 bridgehead atoms. The van der Waals surface area contributed by atoms with Crippen LogP contribution in [-0.2, 0) is 19.1 Å². The van der Waals surface area contributed by atoms with Crippen LogP contribution in [0.5, 0.6) is 5.75 Å². The van der Waals surface area contributed by atoms with Crippen molar-refractivity contribution in [2.45, 2.75) is 13.8 Å². The summed E-state index contributed by atoms with van der Waals surface area (Å²) in [7, 11) is 0. The van der Waals surface area contributed by atoms with E-state index in [-0.39, 0.29) is 35.7 Å². The quantitative estimate of drug-likeness (QED) is 0.330. The van der Waals surface area contributed by atoms with Crippen LogP contribution in [0.25, 0.3) is 0 Å². The van der Waals surface area contributed by atoms with E-state index in [0.717, 1.165) is 12.1 Å². The molecule has 0 heterocycles. The molecule has 0 radical (unpaired) electrons. The van der Waals surface area contributed by atoms with Gasteiger partial charge in [0, 0.05) is 11.1 Å². The molecule has 0 atom stereocenters. The lowest BCUT2D eigenvalue weighted by molar-refractivity contribution is -0.140. The molecule has 6 nitrogen and oxygen atoms in total. The number of ether oxygens (including phenoxy) is 3. The molecule has 128 valence electrons. The molecule has 7 heteroatoms. The highest BCUT2D eigenvalue weighted by atomic mass is 19.1. The Bertz CT molecular complexity index is 692. The lowest BCUT2D eigenvalue weighted by Crippen LogP contribution is -2.14. The Morgan fingerprint density at radius 2 is 1.58 bits per heavy atom. The molecule has 1 aromatic carbocycles. The minimum Gasteiger partial charge on any atom is -0.459 e. The summed E-state index contributed by atoms with van der Waals surface area (Å²) in [5.74, 6) is -3.40. The smallest absolute Gasteiger partial charge is 0.338 e. The van der Waals surface area contributed by atoms with Crippen molar-refractivity contribution >= 4 is 17.9 Å². The van der Waals surface area contributed by atoms with Crippen molar-refractivity contribution < 1.29 is 33.0 Å². The predicted octanol–water partition coefficient (Wildman–Crippen LogP) is 2.58. The van der Waals surface area contributed by atoms with Crippen LogP contribution >= 0.6 is 0 Å². The second-order valence-corrected chi connectivity index (χ2v) is 4.87. The molecule has 0 saturated heterocycles. The topological polar surface area (TPSA) is 78.9 Å². The highest BCUT2D eigenvalue weighted by molar-refractivity contribution is 5.91. The maximum atomic E-state index is 13.8. The van der Waals surface area contributed by atoms with E-state index in [4.69, 9.17) is 14.2 Å². The Hall–Kier alpha value is -2.96. The zero-order valence-corrected chi connectivity index (χ0v) is 13.4. The van der Waals surface area contributed by atoms with Crippen LogP contribution in [0.4, 0.5) is 4.39 Å². The SMILES string of the molecule is C=C(C)C(=O)OCCOC(=O)c1ccc(OC(=O)C(=C)C)c(F)c1. The van der Waals surface area contributed by atoms with Crippen LogP contribution in [0.15, 0.2) is 42.5 Å². The van der Waals surface area contributed by atoms with E-state index in [1.54, 1.807) is 0 Å². The van der Waals surface area contributed by atoms with Crippen molar-refractivity contribution in [3.05, 3.63) is 53.9 Å². The van der Waals surface area contributed by atoms with Gasteiger partial charge in [-0.2, -0.15) is 0 Å². The summed E-state index contributed by atoms with van der Waals surface area (Å²) < 4.78 is 28.2. The van der Waals surface area contributed by atoms with Gasteiger partial charge in [0.25, 0.3) is 0 Å². The first kappa shape index (κ1) is 19.1. The standard InChI is InChI=1S/C17H17FO6/c1-10(2)15(19)22-7-8-23-17(21)12-5-6-14(13(18)9-12)24-16(20)11(3)4/h5-6,9H,1,3,7-8H2,2,4H3. The van der Waals surface area contributed by atoms with Gasteiger partial charge >= 0.3 is 17.9 Å². The van der Waals surface area contributed by atoms with E-state index in [1.807, 2.05) is 0 Å². The largest absolute Gasteiger partial charge is 0.459 e. The van der Waals surface area contributed by atoms with Crippen molar-refractivity contribution in [3.63, 3.8) is 0 Å². The summed E-state index contributed by atoms with van der Waals surface area (Å²) in [4.78, 5) is 34.2. The third-order valence-electron chi connectivity index (χ3n) is 2.62.